The van der Waals surface area contributed by atoms with Crippen LogP contribution in [0.2, 0.25) is 0 Å². The highest BCUT2D eigenvalue weighted by Gasteiger charge is 2.23. The van der Waals surface area contributed by atoms with E-state index in [0.29, 0.717) is 10.7 Å². The summed E-state index contributed by atoms with van der Waals surface area (Å²) in [7, 11) is 3.72. The van der Waals surface area contributed by atoms with Gasteiger partial charge in [-0.15, -0.1) is 11.3 Å². The van der Waals surface area contributed by atoms with Gasteiger partial charge >= 0.3 is 0 Å². The van der Waals surface area contributed by atoms with Gasteiger partial charge < -0.3 is 9.88 Å². The molecule has 1 amide bonds. The van der Waals surface area contributed by atoms with Crippen LogP contribution < -0.4 is 5.32 Å². The maximum absolute atomic E-state index is 13.3. The van der Waals surface area contributed by atoms with Gasteiger partial charge in [0.05, 0.1) is 10.6 Å². The first-order valence-electron chi connectivity index (χ1n) is 8.40. The minimum absolute atomic E-state index is 0.201. The number of amides is 1. The smallest absolute Gasteiger partial charge is 0.262 e. The molecular weight excluding hydrogens is 365 g/mol. The topological polar surface area (TPSA) is 64.7 Å². The van der Waals surface area contributed by atoms with Crippen molar-refractivity contribution in [3.05, 3.63) is 70.5 Å². The number of imidazole rings is 1. The predicted octanol–water partition coefficient (Wildman–Crippen LogP) is 3.34. The van der Waals surface area contributed by atoms with Crippen molar-refractivity contribution in [3.8, 4) is 0 Å². The monoisotopic (exact) mass is 383 g/mol. The number of nitrogens with one attached hydrogen (secondary N) is 1. The van der Waals surface area contributed by atoms with E-state index in [0.717, 1.165) is 21.5 Å². The van der Waals surface area contributed by atoms with Crippen LogP contribution in [-0.4, -0.2) is 25.2 Å². The van der Waals surface area contributed by atoms with Gasteiger partial charge in [0.25, 0.3) is 5.91 Å². The van der Waals surface area contributed by atoms with Gasteiger partial charge in [-0.1, -0.05) is 12.1 Å². The van der Waals surface area contributed by atoms with Crippen LogP contribution >= 0.6 is 11.3 Å². The highest BCUT2D eigenvalue weighted by molar-refractivity contribution is 7.20. The molecule has 0 spiro atoms. The highest BCUT2D eigenvalue weighted by atomic mass is 32.1. The summed E-state index contributed by atoms with van der Waals surface area (Å²) in [5, 5.41) is 8.38. The average molecular weight is 383 g/mol. The molecule has 1 aromatic carbocycles. The molecule has 1 N–H and O–H groups in total. The van der Waals surface area contributed by atoms with E-state index in [1.807, 2.05) is 37.8 Å². The number of fused-ring (bicyclic) bond motifs is 1. The van der Waals surface area contributed by atoms with Crippen LogP contribution in [0.5, 0.6) is 0 Å². The van der Waals surface area contributed by atoms with Crippen molar-refractivity contribution in [1.82, 2.24) is 24.6 Å². The van der Waals surface area contributed by atoms with E-state index in [2.05, 4.69) is 15.4 Å². The lowest BCUT2D eigenvalue weighted by Gasteiger charge is -2.18. The fourth-order valence-electron chi connectivity index (χ4n) is 3.13. The lowest BCUT2D eigenvalue weighted by Crippen LogP contribution is -2.30. The largest absolute Gasteiger partial charge is 0.337 e. The van der Waals surface area contributed by atoms with Crippen molar-refractivity contribution in [2.24, 2.45) is 14.1 Å². The molecule has 8 heteroatoms. The van der Waals surface area contributed by atoms with Crippen molar-refractivity contribution in [3.63, 3.8) is 0 Å². The van der Waals surface area contributed by atoms with E-state index in [4.69, 9.17) is 0 Å². The molecule has 0 bridgehead atoms. The fourth-order valence-corrected chi connectivity index (χ4v) is 4.15. The zero-order chi connectivity index (χ0) is 19.1. The van der Waals surface area contributed by atoms with Crippen molar-refractivity contribution in [2.75, 3.05) is 0 Å². The van der Waals surface area contributed by atoms with Crippen LogP contribution in [0.3, 0.4) is 0 Å². The van der Waals surface area contributed by atoms with Gasteiger partial charge in [-0.05, 0) is 30.7 Å². The van der Waals surface area contributed by atoms with Gasteiger partial charge in [-0.2, -0.15) is 5.10 Å². The molecule has 0 radical (unpaired) electrons. The molecule has 0 aliphatic rings. The molecule has 0 fully saturated rings. The molecule has 4 aromatic rings. The van der Waals surface area contributed by atoms with Crippen molar-refractivity contribution in [2.45, 2.75) is 13.0 Å². The highest BCUT2D eigenvalue weighted by Crippen LogP contribution is 2.29. The Morgan fingerprint density at radius 1 is 1.26 bits per heavy atom. The van der Waals surface area contributed by atoms with Gasteiger partial charge in [-0.25, -0.2) is 9.37 Å². The summed E-state index contributed by atoms with van der Waals surface area (Å²) in [4.78, 5) is 18.9. The Morgan fingerprint density at radius 2 is 2.00 bits per heavy atom. The molecule has 0 unspecified atom stereocenters. The molecule has 3 aromatic heterocycles. The Balaban J connectivity index is 1.70. The normalized spacial score (nSPS) is 12.4. The summed E-state index contributed by atoms with van der Waals surface area (Å²) in [5.74, 6) is 0.151. The summed E-state index contributed by atoms with van der Waals surface area (Å²) in [6, 6.07) is 7.46. The van der Waals surface area contributed by atoms with Crippen LogP contribution in [0.4, 0.5) is 4.39 Å². The molecule has 0 aliphatic heterocycles. The second kappa shape index (κ2) is 6.62. The van der Waals surface area contributed by atoms with E-state index in [1.165, 1.54) is 23.5 Å². The zero-order valence-electron chi connectivity index (χ0n) is 15.1. The Labute approximate surface area is 159 Å². The standard InChI is InChI=1S/C19H18FN5OS/c1-11-14-10-15(27-19(14)25(3)23-11)18(26)22-16(17-21-8-9-24(17)2)12-4-6-13(20)7-5-12/h4-10,16H,1-3H3,(H,22,26)/t16-/m0/s1. The Bertz CT molecular complexity index is 1090. The molecule has 0 saturated heterocycles. The number of hydrogen-bond acceptors (Lipinski definition) is 4. The van der Waals surface area contributed by atoms with E-state index in [-0.39, 0.29) is 11.7 Å². The third-order valence-electron chi connectivity index (χ3n) is 4.52. The average Bonchev–Trinajstić information content (AvgIpc) is 3.32. The first-order chi connectivity index (χ1) is 12.9. The van der Waals surface area contributed by atoms with Gasteiger partial charge in [0.1, 0.15) is 22.5 Å². The molecule has 27 heavy (non-hydrogen) atoms. The first-order valence-corrected chi connectivity index (χ1v) is 9.22. The third kappa shape index (κ3) is 3.12. The number of aromatic nitrogens is 4. The summed E-state index contributed by atoms with van der Waals surface area (Å²) >= 11 is 1.40. The zero-order valence-corrected chi connectivity index (χ0v) is 15.9. The quantitative estimate of drug-likeness (QED) is 0.588. The molecular formula is C19H18FN5OS. The van der Waals surface area contributed by atoms with Crippen LogP contribution in [0.25, 0.3) is 10.2 Å². The molecule has 4 rings (SSSR count). The lowest BCUT2D eigenvalue weighted by atomic mass is 10.1. The Kier molecular flexibility index (Phi) is 4.27. The molecule has 1 atom stereocenters. The van der Waals surface area contributed by atoms with Crippen LogP contribution in [0.15, 0.2) is 42.7 Å². The van der Waals surface area contributed by atoms with Crippen molar-refractivity contribution in [1.29, 1.82) is 0 Å². The van der Waals surface area contributed by atoms with Crippen molar-refractivity contribution >= 4 is 27.5 Å². The van der Waals surface area contributed by atoms with E-state index >= 15 is 0 Å². The number of rotatable bonds is 4. The number of aryl methyl sites for hydroxylation is 3. The number of thiophene rings is 1. The van der Waals surface area contributed by atoms with Gasteiger partial charge in [-0.3, -0.25) is 9.48 Å². The van der Waals surface area contributed by atoms with Gasteiger partial charge in [0.2, 0.25) is 0 Å². The maximum atomic E-state index is 13.3. The van der Waals surface area contributed by atoms with Crippen LogP contribution in [0.1, 0.15) is 32.8 Å². The minimum atomic E-state index is -0.484. The summed E-state index contributed by atoms with van der Waals surface area (Å²) < 4.78 is 17.0. The molecule has 3 heterocycles. The Hall–Kier alpha value is -3.00. The number of hydrogen-bond donors (Lipinski definition) is 1. The minimum Gasteiger partial charge on any atom is -0.337 e. The number of nitrogens with zero attached hydrogens (tertiary/aromatic N) is 4. The number of halogens is 1. The van der Waals surface area contributed by atoms with Crippen LogP contribution in [-0.2, 0) is 14.1 Å². The van der Waals surface area contributed by atoms with Gasteiger partial charge in [0.15, 0.2) is 0 Å². The number of carbonyl (C=O) groups excluding carboxylic acids is 1. The fraction of sp³-hybridized carbons (Fsp3) is 0.211. The second-order valence-electron chi connectivity index (χ2n) is 6.39. The van der Waals surface area contributed by atoms with Crippen LogP contribution in [0, 0.1) is 12.7 Å². The molecule has 0 saturated carbocycles. The van der Waals surface area contributed by atoms with E-state index in [9.17, 15) is 9.18 Å². The third-order valence-corrected chi connectivity index (χ3v) is 5.72. The number of carbonyl (C=O) groups is 1. The van der Waals surface area contributed by atoms with Gasteiger partial charge in [0, 0.05) is 31.9 Å². The summed E-state index contributed by atoms with van der Waals surface area (Å²) in [6.45, 7) is 1.92. The predicted molar refractivity (Wildman–Crippen MR) is 102 cm³/mol. The number of benzene rings is 1. The first kappa shape index (κ1) is 17.4. The summed E-state index contributed by atoms with van der Waals surface area (Å²) in [6.07, 6.45) is 3.49. The van der Waals surface area contributed by atoms with E-state index < -0.39 is 6.04 Å². The maximum Gasteiger partial charge on any atom is 0.262 e. The molecule has 6 nitrogen and oxygen atoms in total. The molecule has 138 valence electrons. The SMILES string of the molecule is Cc1nn(C)c2sc(C(=O)N[C@@H](c3ccc(F)cc3)c3nccn3C)cc12. The Morgan fingerprint density at radius 3 is 2.63 bits per heavy atom. The second-order valence-corrected chi connectivity index (χ2v) is 7.42. The lowest BCUT2D eigenvalue weighted by molar-refractivity contribution is 0.0945. The van der Waals surface area contributed by atoms with E-state index in [1.54, 1.807) is 23.0 Å². The molecule has 0 aliphatic carbocycles. The van der Waals surface area contributed by atoms with Crippen molar-refractivity contribution < 1.29 is 9.18 Å². The summed E-state index contributed by atoms with van der Waals surface area (Å²) in [5.41, 5.74) is 1.65.